The number of hydrogen-bond acceptors (Lipinski definition) is 3. The van der Waals surface area contributed by atoms with E-state index in [0.717, 1.165) is 11.3 Å². The zero-order valence-corrected chi connectivity index (χ0v) is 16.0. The summed E-state index contributed by atoms with van der Waals surface area (Å²) in [5.41, 5.74) is 3.11. The second-order valence-electron chi connectivity index (χ2n) is 6.54. The summed E-state index contributed by atoms with van der Waals surface area (Å²) in [5.74, 6) is 0.128. The molecule has 2 aromatic rings. The van der Waals surface area contributed by atoms with Gasteiger partial charge in [0.05, 0.1) is 6.54 Å². The van der Waals surface area contributed by atoms with Crippen LogP contribution in [0, 0.1) is 12.8 Å². The zero-order valence-electron chi connectivity index (χ0n) is 15.2. The Bertz CT molecular complexity index is 773. The van der Waals surface area contributed by atoms with Crippen molar-refractivity contribution in [3.8, 4) is 0 Å². The first-order valence-electron chi connectivity index (χ1n) is 8.54. The number of benzene rings is 2. The van der Waals surface area contributed by atoms with E-state index >= 15 is 0 Å². The topological polar surface area (TPSA) is 70.2 Å². The molecule has 0 atom stereocenters. The monoisotopic (exact) mass is 373 g/mol. The number of carbonyl (C=O) groups excluding carboxylic acids is 2. The van der Waals surface area contributed by atoms with Gasteiger partial charge in [-0.3, -0.25) is 9.59 Å². The lowest BCUT2D eigenvalue weighted by Gasteiger charge is -2.11. The standard InChI is InChI=1S/C20H24ClN3O2/c1-13(2)11-19(25)23-15-7-9-16(10-8-15)24-20(26)12-22-18-6-4-5-17(21)14(18)3/h4-10,13,22H,11-12H2,1-3H3,(H,23,25)(H,24,26). The molecule has 26 heavy (non-hydrogen) atoms. The molecule has 2 rings (SSSR count). The van der Waals surface area contributed by atoms with Crippen LogP contribution in [0.15, 0.2) is 42.5 Å². The van der Waals surface area contributed by atoms with Crippen molar-refractivity contribution in [1.82, 2.24) is 0 Å². The van der Waals surface area contributed by atoms with Crippen molar-refractivity contribution in [2.24, 2.45) is 5.92 Å². The molecule has 2 aromatic carbocycles. The minimum absolute atomic E-state index is 0.0159. The maximum Gasteiger partial charge on any atom is 0.243 e. The highest BCUT2D eigenvalue weighted by atomic mass is 35.5. The zero-order chi connectivity index (χ0) is 19.1. The van der Waals surface area contributed by atoms with Crippen molar-refractivity contribution in [3.63, 3.8) is 0 Å². The molecule has 0 spiro atoms. The Kier molecular flexibility index (Phi) is 7.04. The fourth-order valence-electron chi connectivity index (χ4n) is 2.40. The van der Waals surface area contributed by atoms with Gasteiger partial charge in [0.15, 0.2) is 0 Å². The minimum Gasteiger partial charge on any atom is -0.376 e. The van der Waals surface area contributed by atoms with E-state index in [2.05, 4.69) is 16.0 Å². The van der Waals surface area contributed by atoms with Gasteiger partial charge in [0.25, 0.3) is 0 Å². The van der Waals surface area contributed by atoms with E-state index < -0.39 is 0 Å². The van der Waals surface area contributed by atoms with Gasteiger partial charge in [-0.15, -0.1) is 0 Å². The van der Waals surface area contributed by atoms with Crippen LogP contribution in [0.1, 0.15) is 25.8 Å². The van der Waals surface area contributed by atoms with Crippen LogP contribution in [-0.4, -0.2) is 18.4 Å². The van der Waals surface area contributed by atoms with Crippen LogP contribution >= 0.6 is 11.6 Å². The molecule has 138 valence electrons. The molecule has 0 aliphatic heterocycles. The Labute approximate surface area is 159 Å². The van der Waals surface area contributed by atoms with Gasteiger partial charge in [0.1, 0.15) is 0 Å². The van der Waals surface area contributed by atoms with E-state index in [0.29, 0.717) is 28.7 Å². The molecule has 0 bridgehead atoms. The Morgan fingerprint density at radius 3 is 2.12 bits per heavy atom. The van der Waals surface area contributed by atoms with E-state index in [4.69, 9.17) is 11.6 Å². The van der Waals surface area contributed by atoms with Crippen molar-refractivity contribution in [1.29, 1.82) is 0 Å². The van der Waals surface area contributed by atoms with Crippen LogP contribution in [0.2, 0.25) is 5.02 Å². The molecule has 0 fully saturated rings. The lowest BCUT2D eigenvalue weighted by molar-refractivity contribution is -0.117. The highest BCUT2D eigenvalue weighted by Crippen LogP contribution is 2.22. The van der Waals surface area contributed by atoms with Gasteiger partial charge in [-0.2, -0.15) is 0 Å². The number of carbonyl (C=O) groups is 2. The van der Waals surface area contributed by atoms with Gasteiger partial charge >= 0.3 is 0 Å². The van der Waals surface area contributed by atoms with Crippen molar-refractivity contribution in [2.45, 2.75) is 27.2 Å². The third kappa shape index (κ3) is 6.08. The van der Waals surface area contributed by atoms with Crippen LogP contribution in [0.3, 0.4) is 0 Å². The van der Waals surface area contributed by atoms with Gasteiger partial charge in [0, 0.05) is 28.5 Å². The number of nitrogens with one attached hydrogen (secondary N) is 3. The summed E-state index contributed by atoms with van der Waals surface area (Å²) in [4.78, 5) is 23.8. The van der Waals surface area contributed by atoms with Crippen LogP contribution in [-0.2, 0) is 9.59 Å². The summed E-state index contributed by atoms with van der Waals surface area (Å²) >= 11 is 6.07. The Hall–Kier alpha value is -2.53. The van der Waals surface area contributed by atoms with Crippen LogP contribution < -0.4 is 16.0 Å². The number of halogens is 1. The molecule has 0 aromatic heterocycles. The van der Waals surface area contributed by atoms with Crippen molar-refractivity contribution >= 4 is 40.5 Å². The lowest BCUT2D eigenvalue weighted by Crippen LogP contribution is -2.22. The molecule has 3 N–H and O–H groups in total. The lowest BCUT2D eigenvalue weighted by atomic mass is 10.1. The number of anilines is 3. The van der Waals surface area contributed by atoms with Gasteiger partial charge in [-0.25, -0.2) is 0 Å². The Morgan fingerprint density at radius 2 is 1.54 bits per heavy atom. The molecule has 0 aliphatic carbocycles. The van der Waals surface area contributed by atoms with Gasteiger partial charge in [-0.1, -0.05) is 31.5 Å². The number of rotatable bonds is 7. The normalized spacial score (nSPS) is 10.5. The van der Waals surface area contributed by atoms with Gasteiger partial charge in [0.2, 0.25) is 11.8 Å². The van der Waals surface area contributed by atoms with Crippen molar-refractivity contribution in [3.05, 3.63) is 53.1 Å². The molecule has 0 unspecified atom stereocenters. The molecule has 5 nitrogen and oxygen atoms in total. The van der Waals surface area contributed by atoms with Gasteiger partial charge < -0.3 is 16.0 Å². The Balaban J connectivity index is 1.85. The maximum absolute atomic E-state index is 12.1. The summed E-state index contributed by atoms with van der Waals surface area (Å²) in [6.07, 6.45) is 0.479. The predicted molar refractivity (Wildman–Crippen MR) is 108 cm³/mol. The van der Waals surface area contributed by atoms with E-state index in [1.54, 1.807) is 24.3 Å². The summed E-state index contributed by atoms with van der Waals surface area (Å²) in [6, 6.07) is 12.6. The second kappa shape index (κ2) is 9.25. The molecule has 0 heterocycles. The summed E-state index contributed by atoms with van der Waals surface area (Å²) in [7, 11) is 0. The molecule has 0 radical (unpaired) electrons. The Morgan fingerprint density at radius 1 is 0.962 bits per heavy atom. The van der Waals surface area contributed by atoms with Crippen LogP contribution in [0.5, 0.6) is 0 Å². The first kappa shape index (κ1) is 19.8. The molecular formula is C20H24ClN3O2. The third-order valence-electron chi connectivity index (χ3n) is 3.75. The van der Waals surface area contributed by atoms with Gasteiger partial charge in [-0.05, 0) is 54.8 Å². The van der Waals surface area contributed by atoms with Crippen molar-refractivity contribution < 1.29 is 9.59 Å². The maximum atomic E-state index is 12.1. The summed E-state index contributed by atoms with van der Waals surface area (Å²) in [5, 5.41) is 9.38. The van der Waals surface area contributed by atoms with E-state index in [-0.39, 0.29) is 18.4 Å². The molecule has 0 saturated carbocycles. The van der Waals surface area contributed by atoms with E-state index in [9.17, 15) is 9.59 Å². The molecular weight excluding hydrogens is 350 g/mol. The highest BCUT2D eigenvalue weighted by Gasteiger charge is 2.07. The summed E-state index contributed by atoms with van der Waals surface area (Å²) < 4.78 is 0. The largest absolute Gasteiger partial charge is 0.376 e. The fourth-order valence-corrected chi connectivity index (χ4v) is 2.57. The highest BCUT2D eigenvalue weighted by molar-refractivity contribution is 6.31. The molecule has 0 saturated heterocycles. The average molecular weight is 374 g/mol. The summed E-state index contributed by atoms with van der Waals surface area (Å²) in [6.45, 7) is 6.02. The number of hydrogen-bond donors (Lipinski definition) is 3. The smallest absolute Gasteiger partial charge is 0.243 e. The third-order valence-corrected chi connectivity index (χ3v) is 4.16. The minimum atomic E-state index is -0.166. The predicted octanol–water partition coefficient (Wildman–Crippen LogP) is 4.68. The quantitative estimate of drug-likeness (QED) is 0.659. The first-order valence-corrected chi connectivity index (χ1v) is 8.91. The first-order chi connectivity index (χ1) is 12.3. The average Bonchev–Trinajstić information content (AvgIpc) is 2.57. The van der Waals surface area contributed by atoms with Crippen LogP contribution in [0.4, 0.5) is 17.1 Å². The molecule has 2 amide bonds. The van der Waals surface area contributed by atoms with Crippen molar-refractivity contribution in [2.75, 3.05) is 22.5 Å². The molecule has 6 heteroatoms. The second-order valence-corrected chi connectivity index (χ2v) is 6.94. The number of amides is 2. The molecule has 0 aliphatic rings. The fraction of sp³-hybridized carbons (Fsp3) is 0.300. The SMILES string of the molecule is Cc1c(Cl)cccc1NCC(=O)Nc1ccc(NC(=O)CC(C)C)cc1. The van der Waals surface area contributed by atoms with Crippen LogP contribution in [0.25, 0.3) is 0 Å². The van der Waals surface area contributed by atoms with E-state index in [1.807, 2.05) is 39.0 Å². The van der Waals surface area contributed by atoms with E-state index in [1.165, 1.54) is 0 Å².